The number of hydrogen-bond acceptors (Lipinski definition) is 1. The molecule has 3 heteroatoms. The van der Waals surface area contributed by atoms with Crippen LogP contribution >= 0.6 is 0 Å². The van der Waals surface area contributed by atoms with E-state index in [1.165, 1.54) is 44.1 Å². The third kappa shape index (κ3) is 2.75. The highest BCUT2D eigenvalue weighted by Crippen LogP contribution is 2.55. The largest absolute Gasteiger partial charge is 0.332 e. The van der Waals surface area contributed by atoms with E-state index >= 15 is 0 Å². The van der Waals surface area contributed by atoms with Gasteiger partial charge >= 0.3 is 6.03 Å². The first kappa shape index (κ1) is 15.0. The molecule has 1 aromatic rings. The Morgan fingerprint density at radius 2 is 1.74 bits per heavy atom. The summed E-state index contributed by atoms with van der Waals surface area (Å²) in [5.41, 5.74) is 3.43. The number of para-hydroxylation sites is 1. The molecule has 3 nitrogen and oxygen atoms in total. The van der Waals surface area contributed by atoms with Crippen molar-refractivity contribution in [1.82, 2.24) is 5.32 Å². The van der Waals surface area contributed by atoms with Gasteiger partial charge in [0.25, 0.3) is 0 Å². The fourth-order valence-electron chi connectivity index (χ4n) is 5.85. The molecule has 0 spiro atoms. The average molecular weight is 312 g/mol. The second-order valence-corrected chi connectivity index (χ2v) is 8.24. The van der Waals surface area contributed by atoms with Crippen LogP contribution in [0.25, 0.3) is 0 Å². The average Bonchev–Trinajstić information content (AvgIpc) is 2.47. The standard InChI is InChI=1S/C20H28N2O/c1-3-17-6-4-5-13(2)18(17)21-19(23)22-20-10-14-7-15(11-20)9-16(8-14)12-20/h4-6,14-16H,3,7-12H2,1-2H3,(H2,21,22,23). The van der Waals surface area contributed by atoms with Gasteiger partial charge in [-0.05, 0) is 80.8 Å². The van der Waals surface area contributed by atoms with E-state index < -0.39 is 0 Å². The molecule has 0 radical (unpaired) electrons. The smallest absolute Gasteiger partial charge is 0.319 e. The highest BCUT2D eigenvalue weighted by Gasteiger charge is 2.51. The molecule has 124 valence electrons. The van der Waals surface area contributed by atoms with Crippen molar-refractivity contribution in [3.63, 3.8) is 0 Å². The topological polar surface area (TPSA) is 41.1 Å². The van der Waals surface area contributed by atoms with Crippen LogP contribution in [0.1, 0.15) is 56.6 Å². The lowest BCUT2D eigenvalue weighted by Crippen LogP contribution is -2.60. The number of carbonyl (C=O) groups excluding carboxylic acids is 1. The first-order valence-electron chi connectivity index (χ1n) is 9.24. The Bertz CT molecular complexity index is 587. The molecule has 1 aromatic carbocycles. The lowest BCUT2D eigenvalue weighted by atomic mass is 9.53. The molecular formula is C20H28N2O. The Morgan fingerprint density at radius 1 is 1.13 bits per heavy atom. The minimum atomic E-state index is -0.00375. The van der Waals surface area contributed by atoms with Crippen LogP contribution in [-0.4, -0.2) is 11.6 Å². The molecule has 4 aliphatic rings. The minimum Gasteiger partial charge on any atom is -0.332 e. The van der Waals surface area contributed by atoms with E-state index in [1.807, 2.05) is 0 Å². The van der Waals surface area contributed by atoms with Crippen LogP contribution in [0.2, 0.25) is 0 Å². The summed E-state index contributed by atoms with van der Waals surface area (Å²) in [6, 6.07) is 6.24. The van der Waals surface area contributed by atoms with E-state index in [1.54, 1.807) is 0 Å². The van der Waals surface area contributed by atoms with Gasteiger partial charge in [0.15, 0.2) is 0 Å². The number of nitrogens with one attached hydrogen (secondary N) is 2. The van der Waals surface area contributed by atoms with Gasteiger partial charge in [-0.1, -0.05) is 25.1 Å². The molecular weight excluding hydrogens is 284 g/mol. The predicted molar refractivity (Wildman–Crippen MR) is 93.6 cm³/mol. The van der Waals surface area contributed by atoms with Crippen LogP contribution in [-0.2, 0) is 6.42 Å². The molecule has 23 heavy (non-hydrogen) atoms. The number of anilines is 1. The van der Waals surface area contributed by atoms with Crippen LogP contribution in [0.5, 0.6) is 0 Å². The first-order chi connectivity index (χ1) is 11.1. The zero-order chi connectivity index (χ0) is 16.0. The number of aryl methyl sites for hydroxylation is 2. The van der Waals surface area contributed by atoms with E-state index in [0.717, 1.165) is 35.4 Å². The Balaban J connectivity index is 1.49. The summed E-state index contributed by atoms with van der Waals surface area (Å²) in [7, 11) is 0. The van der Waals surface area contributed by atoms with Crippen molar-refractivity contribution < 1.29 is 4.79 Å². The van der Waals surface area contributed by atoms with Crippen LogP contribution in [0, 0.1) is 24.7 Å². The van der Waals surface area contributed by atoms with Crippen LogP contribution in [0.3, 0.4) is 0 Å². The normalized spacial score (nSPS) is 34.4. The SMILES string of the molecule is CCc1cccc(C)c1NC(=O)NC12CC3CC(CC(C3)C1)C2. The summed E-state index contributed by atoms with van der Waals surface area (Å²) in [6.07, 6.45) is 8.73. The zero-order valence-corrected chi connectivity index (χ0v) is 14.3. The summed E-state index contributed by atoms with van der Waals surface area (Å²) in [4.78, 5) is 12.7. The van der Waals surface area contributed by atoms with Crippen molar-refractivity contribution >= 4 is 11.7 Å². The molecule has 4 saturated carbocycles. The summed E-state index contributed by atoms with van der Waals surface area (Å²) in [5, 5.41) is 6.56. The van der Waals surface area contributed by atoms with Gasteiger partial charge in [-0.25, -0.2) is 4.79 Å². The van der Waals surface area contributed by atoms with Crippen molar-refractivity contribution in [3.8, 4) is 0 Å². The molecule has 4 fully saturated rings. The molecule has 4 bridgehead atoms. The summed E-state index contributed by atoms with van der Waals surface area (Å²) in [6.45, 7) is 4.20. The molecule has 5 rings (SSSR count). The highest BCUT2D eigenvalue weighted by molar-refractivity contribution is 5.91. The Labute approximate surface area is 139 Å². The number of urea groups is 1. The van der Waals surface area contributed by atoms with Gasteiger partial charge in [0.05, 0.1) is 0 Å². The highest BCUT2D eigenvalue weighted by atomic mass is 16.2. The van der Waals surface area contributed by atoms with Crippen molar-refractivity contribution in [2.75, 3.05) is 5.32 Å². The molecule has 0 heterocycles. The maximum atomic E-state index is 12.7. The monoisotopic (exact) mass is 312 g/mol. The Morgan fingerprint density at radius 3 is 2.30 bits per heavy atom. The molecule has 2 amide bonds. The van der Waals surface area contributed by atoms with Gasteiger partial charge in [0.2, 0.25) is 0 Å². The van der Waals surface area contributed by atoms with Gasteiger partial charge in [0.1, 0.15) is 0 Å². The molecule has 0 aliphatic heterocycles. The molecule has 0 atom stereocenters. The summed E-state index contributed by atoms with van der Waals surface area (Å²) in [5.74, 6) is 2.56. The third-order valence-corrected chi connectivity index (χ3v) is 6.40. The number of hydrogen-bond donors (Lipinski definition) is 2. The van der Waals surface area contributed by atoms with Crippen molar-refractivity contribution in [2.24, 2.45) is 17.8 Å². The second-order valence-electron chi connectivity index (χ2n) is 8.24. The summed E-state index contributed by atoms with van der Waals surface area (Å²) < 4.78 is 0. The predicted octanol–water partition coefficient (Wildman–Crippen LogP) is 4.65. The minimum absolute atomic E-state index is 0.00375. The maximum Gasteiger partial charge on any atom is 0.319 e. The van der Waals surface area contributed by atoms with Gasteiger partial charge in [-0.15, -0.1) is 0 Å². The molecule has 0 unspecified atom stereocenters. The molecule has 0 aromatic heterocycles. The van der Waals surface area contributed by atoms with E-state index in [0.29, 0.717) is 0 Å². The maximum absolute atomic E-state index is 12.7. The number of amides is 2. The molecule has 4 aliphatic carbocycles. The Kier molecular flexibility index (Phi) is 3.62. The lowest BCUT2D eigenvalue weighted by Gasteiger charge is -2.56. The third-order valence-electron chi connectivity index (χ3n) is 6.40. The van der Waals surface area contributed by atoms with Gasteiger partial charge in [-0.3, -0.25) is 0 Å². The van der Waals surface area contributed by atoms with Crippen LogP contribution < -0.4 is 10.6 Å². The van der Waals surface area contributed by atoms with E-state index in [9.17, 15) is 4.79 Å². The van der Waals surface area contributed by atoms with Crippen LogP contribution in [0.15, 0.2) is 18.2 Å². The Hall–Kier alpha value is -1.51. The quantitative estimate of drug-likeness (QED) is 0.838. The number of carbonyl (C=O) groups is 1. The van der Waals surface area contributed by atoms with Crippen LogP contribution in [0.4, 0.5) is 10.5 Å². The lowest BCUT2D eigenvalue weighted by molar-refractivity contribution is -0.0127. The van der Waals surface area contributed by atoms with E-state index in [-0.39, 0.29) is 11.6 Å². The number of benzene rings is 1. The fourth-order valence-corrected chi connectivity index (χ4v) is 5.85. The second kappa shape index (κ2) is 5.54. The fraction of sp³-hybridized carbons (Fsp3) is 0.650. The summed E-state index contributed by atoms with van der Waals surface area (Å²) >= 11 is 0. The van der Waals surface area contributed by atoms with Gasteiger partial charge in [-0.2, -0.15) is 0 Å². The van der Waals surface area contributed by atoms with Crippen molar-refractivity contribution in [3.05, 3.63) is 29.3 Å². The van der Waals surface area contributed by atoms with E-state index in [4.69, 9.17) is 0 Å². The number of rotatable bonds is 3. The zero-order valence-electron chi connectivity index (χ0n) is 14.3. The van der Waals surface area contributed by atoms with Gasteiger partial charge in [0, 0.05) is 11.2 Å². The van der Waals surface area contributed by atoms with Crippen molar-refractivity contribution in [1.29, 1.82) is 0 Å². The molecule has 2 N–H and O–H groups in total. The first-order valence-corrected chi connectivity index (χ1v) is 9.24. The molecule has 0 saturated heterocycles. The van der Waals surface area contributed by atoms with E-state index in [2.05, 4.69) is 42.7 Å². The van der Waals surface area contributed by atoms with Gasteiger partial charge < -0.3 is 10.6 Å². The van der Waals surface area contributed by atoms with Crippen molar-refractivity contribution in [2.45, 2.75) is 64.3 Å².